The van der Waals surface area contributed by atoms with Crippen molar-refractivity contribution in [1.82, 2.24) is 10.2 Å². The molecular weight excluding hydrogens is 300 g/mol. The first kappa shape index (κ1) is 17.0. The molecule has 1 aromatic heterocycles. The number of hydrogen-bond acceptors (Lipinski definition) is 4. The summed E-state index contributed by atoms with van der Waals surface area (Å²) in [5.41, 5.74) is 0. The summed E-state index contributed by atoms with van der Waals surface area (Å²) in [5.74, 6) is 0.0563. The largest absolute Gasteiger partial charge is 0.393 e. The number of aliphatic hydroxyl groups is 1. The van der Waals surface area contributed by atoms with Crippen LogP contribution in [-0.4, -0.2) is 48.1 Å². The van der Waals surface area contributed by atoms with Crippen LogP contribution in [0.5, 0.6) is 0 Å². The quantitative estimate of drug-likeness (QED) is 0.839. The van der Waals surface area contributed by atoms with Crippen LogP contribution in [0.15, 0.2) is 17.5 Å². The molecule has 22 heavy (non-hydrogen) atoms. The van der Waals surface area contributed by atoms with Crippen LogP contribution < -0.4 is 5.32 Å². The SMILES string of the molecule is CN(CC1CCCCC1O)C(=O)CCNC(=O)c1cccs1. The van der Waals surface area contributed by atoms with Crippen molar-refractivity contribution in [3.63, 3.8) is 0 Å². The van der Waals surface area contributed by atoms with Gasteiger partial charge in [-0.2, -0.15) is 0 Å². The van der Waals surface area contributed by atoms with Gasteiger partial charge < -0.3 is 15.3 Å². The Balaban J connectivity index is 1.69. The number of carbonyl (C=O) groups is 2. The van der Waals surface area contributed by atoms with Crippen LogP contribution >= 0.6 is 11.3 Å². The smallest absolute Gasteiger partial charge is 0.261 e. The maximum Gasteiger partial charge on any atom is 0.261 e. The first-order valence-corrected chi connectivity index (χ1v) is 8.69. The number of aliphatic hydroxyl groups excluding tert-OH is 1. The van der Waals surface area contributed by atoms with E-state index < -0.39 is 0 Å². The molecule has 1 saturated carbocycles. The lowest BCUT2D eigenvalue weighted by Crippen LogP contribution is -2.39. The molecule has 0 aromatic carbocycles. The van der Waals surface area contributed by atoms with Crippen LogP contribution in [-0.2, 0) is 4.79 Å². The zero-order valence-electron chi connectivity index (χ0n) is 13.0. The van der Waals surface area contributed by atoms with Crippen molar-refractivity contribution in [2.45, 2.75) is 38.2 Å². The minimum absolute atomic E-state index is 0.00394. The lowest BCUT2D eigenvalue weighted by atomic mass is 9.86. The van der Waals surface area contributed by atoms with E-state index in [-0.39, 0.29) is 30.3 Å². The maximum atomic E-state index is 12.1. The second kappa shape index (κ2) is 8.29. The molecule has 0 aliphatic heterocycles. The monoisotopic (exact) mass is 324 g/mol. The molecule has 1 fully saturated rings. The van der Waals surface area contributed by atoms with E-state index in [0.717, 1.165) is 25.7 Å². The number of nitrogens with one attached hydrogen (secondary N) is 1. The molecule has 2 amide bonds. The molecule has 2 rings (SSSR count). The van der Waals surface area contributed by atoms with Crippen LogP contribution in [0.25, 0.3) is 0 Å². The van der Waals surface area contributed by atoms with E-state index in [4.69, 9.17) is 0 Å². The number of carbonyl (C=O) groups excluding carboxylic acids is 2. The first-order chi connectivity index (χ1) is 10.6. The Hall–Kier alpha value is -1.40. The van der Waals surface area contributed by atoms with Crippen LogP contribution in [0, 0.1) is 5.92 Å². The average molecular weight is 324 g/mol. The summed E-state index contributed by atoms with van der Waals surface area (Å²) in [6, 6.07) is 3.59. The lowest BCUT2D eigenvalue weighted by Gasteiger charge is -2.31. The highest BCUT2D eigenvalue weighted by Gasteiger charge is 2.25. The Morgan fingerprint density at radius 3 is 2.86 bits per heavy atom. The molecule has 2 N–H and O–H groups in total. The minimum atomic E-state index is -0.289. The molecule has 0 bridgehead atoms. The predicted octanol–water partition coefficient (Wildman–Crippen LogP) is 1.88. The minimum Gasteiger partial charge on any atom is -0.393 e. The third-order valence-corrected chi connectivity index (χ3v) is 5.04. The van der Waals surface area contributed by atoms with Gasteiger partial charge in [-0.05, 0) is 24.3 Å². The Morgan fingerprint density at radius 1 is 1.41 bits per heavy atom. The lowest BCUT2D eigenvalue weighted by molar-refractivity contribution is -0.131. The average Bonchev–Trinajstić information content (AvgIpc) is 3.03. The van der Waals surface area contributed by atoms with Crippen LogP contribution in [0.1, 0.15) is 41.8 Å². The second-order valence-electron chi connectivity index (χ2n) is 5.87. The zero-order chi connectivity index (χ0) is 15.9. The topological polar surface area (TPSA) is 69.6 Å². The number of thiophene rings is 1. The fraction of sp³-hybridized carbons (Fsp3) is 0.625. The van der Waals surface area contributed by atoms with Gasteiger partial charge in [-0.3, -0.25) is 9.59 Å². The molecule has 1 aliphatic rings. The fourth-order valence-corrected chi connectivity index (χ4v) is 3.46. The summed E-state index contributed by atoms with van der Waals surface area (Å²) in [4.78, 5) is 26.2. The van der Waals surface area contributed by atoms with Crippen LogP contribution in [0.4, 0.5) is 0 Å². The summed E-state index contributed by atoms with van der Waals surface area (Å²) in [6.07, 6.45) is 4.01. The standard InChI is InChI=1S/C16H24N2O3S/c1-18(11-12-5-2-3-6-13(12)19)15(20)8-9-17-16(21)14-7-4-10-22-14/h4,7,10,12-13,19H,2-3,5-6,8-9,11H2,1H3,(H,17,21). The summed E-state index contributed by atoms with van der Waals surface area (Å²) in [7, 11) is 1.77. The molecule has 1 aromatic rings. The van der Waals surface area contributed by atoms with Crippen LogP contribution in [0.2, 0.25) is 0 Å². The van der Waals surface area contributed by atoms with E-state index in [1.165, 1.54) is 11.3 Å². The van der Waals surface area contributed by atoms with Gasteiger partial charge in [-0.15, -0.1) is 11.3 Å². The van der Waals surface area contributed by atoms with Crippen molar-refractivity contribution < 1.29 is 14.7 Å². The first-order valence-electron chi connectivity index (χ1n) is 7.81. The maximum absolute atomic E-state index is 12.1. The Bertz CT molecular complexity index is 490. The summed E-state index contributed by atoms with van der Waals surface area (Å²) in [6.45, 7) is 0.937. The van der Waals surface area contributed by atoms with Gasteiger partial charge in [0.05, 0.1) is 11.0 Å². The van der Waals surface area contributed by atoms with Crippen LogP contribution in [0.3, 0.4) is 0 Å². The Kier molecular flexibility index (Phi) is 6.39. The van der Waals surface area contributed by atoms with Gasteiger partial charge in [0.1, 0.15) is 0 Å². The number of nitrogens with zero attached hydrogens (tertiary/aromatic N) is 1. The predicted molar refractivity (Wildman–Crippen MR) is 86.9 cm³/mol. The molecule has 6 heteroatoms. The van der Waals surface area contributed by atoms with Crippen molar-refractivity contribution in [3.8, 4) is 0 Å². The summed E-state index contributed by atoms with van der Waals surface area (Å²) >= 11 is 1.38. The van der Waals surface area contributed by atoms with Crippen molar-refractivity contribution in [2.24, 2.45) is 5.92 Å². The van der Waals surface area contributed by atoms with Crippen molar-refractivity contribution >= 4 is 23.2 Å². The molecule has 1 heterocycles. The molecule has 122 valence electrons. The molecule has 0 radical (unpaired) electrons. The van der Waals surface area contributed by atoms with E-state index in [0.29, 0.717) is 18.0 Å². The Labute approximate surface area is 135 Å². The molecule has 0 saturated heterocycles. The van der Waals surface area contributed by atoms with E-state index in [2.05, 4.69) is 5.32 Å². The third kappa shape index (κ3) is 4.81. The molecular formula is C16H24N2O3S. The normalized spacial score (nSPS) is 21.4. The van der Waals surface area contributed by atoms with Gasteiger partial charge in [0, 0.05) is 32.5 Å². The van der Waals surface area contributed by atoms with Gasteiger partial charge in [-0.1, -0.05) is 18.9 Å². The summed E-state index contributed by atoms with van der Waals surface area (Å²) in [5, 5.41) is 14.6. The molecule has 5 nitrogen and oxygen atoms in total. The van der Waals surface area contributed by atoms with E-state index in [1.807, 2.05) is 11.4 Å². The van der Waals surface area contributed by atoms with Crippen molar-refractivity contribution in [2.75, 3.05) is 20.1 Å². The Morgan fingerprint density at radius 2 is 2.18 bits per heavy atom. The van der Waals surface area contributed by atoms with Gasteiger partial charge in [-0.25, -0.2) is 0 Å². The van der Waals surface area contributed by atoms with Gasteiger partial charge >= 0.3 is 0 Å². The summed E-state index contributed by atoms with van der Waals surface area (Å²) < 4.78 is 0. The number of amides is 2. The highest BCUT2D eigenvalue weighted by Crippen LogP contribution is 2.24. The van der Waals surface area contributed by atoms with Gasteiger partial charge in [0.2, 0.25) is 5.91 Å². The molecule has 2 atom stereocenters. The third-order valence-electron chi connectivity index (χ3n) is 4.17. The molecule has 0 spiro atoms. The zero-order valence-corrected chi connectivity index (χ0v) is 13.8. The van der Waals surface area contributed by atoms with E-state index in [1.54, 1.807) is 18.0 Å². The second-order valence-corrected chi connectivity index (χ2v) is 6.82. The van der Waals surface area contributed by atoms with Gasteiger partial charge in [0.25, 0.3) is 5.91 Å². The van der Waals surface area contributed by atoms with Crippen molar-refractivity contribution in [3.05, 3.63) is 22.4 Å². The molecule has 1 aliphatic carbocycles. The van der Waals surface area contributed by atoms with E-state index in [9.17, 15) is 14.7 Å². The van der Waals surface area contributed by atoms with Crippen molar-refractivity contribution in [1.29, 1.82) is 0 Å². The molecule has 2 unspecified atom stereocenters. The van der Waals surface area contributed by atoms with Gasteiger partial charge in [0.15, 0.2) is 0 Å². The fourth-order valence-electron chi connectivity index (χ4n) is 2.82. The highest BCUT2D eigenvalue weighted by atomic mass is 32.1. The number of hydrogen-bond donors (Lipinski definition) is 2. The number of rotatable bonds is 6. The highest BCUT2D eigenvalue weighted by molar-refractivity contribution is 7.12. The van der Waals surface area contributed by atoms with E-state index >= 15 is 0 Å².